The number of halogens is 1. The molecule has 1 fully saturated rings. The van der Waals surface area contributed by atoms with Crippen molar-refractivity contribution in [3.8, 4) is 0 Å². The summed E-state index contributed by atoms with van der Waals surface area (Å²) in [5.41, 5.74) is -0.542. The van der Waals surface area contributed by atoms with Crippen LogP contribution >= 0.6 is 0 Å². The Labute approximate surface area is 115 Å². The van der Waals surface area contributed by atoms with Gasteiger partial charge in [0.2, 0.25) is 0 Å². The van der Waals surface area contributed by atoms with Gasteiger partial charge in [-0.25, -0.2) is 4.39 Å². The fraction of sp³-hybridized carbons (Fsp3) is 0.462. The maximum Gasteiger partial charge on any atom is 0.282 e. The largest absolute Gasteiger partial charge is 0.337 e. The molecule has 1 aliphatic heterocycles. The second-order valence-corrected chi connectivity index (χ2v) is 5.08. The van der Waals surface area contributed by atoms with Crippen molar-refractivity contribution in [2.75, 3.05) is 27.2 Å². The Morgan fingerprint density at radius 3 is 2.75 bits per heavy atom. The molecule has 1 aromatic carbocycles. The quantitative estimate of drug-likeness (QED) is 0.622. The van der Waals surface area contributed by atoms with E-state index in [1.54, 1.807) is 0 Å². The number of hydrogen-bond donors (Lipinski definition) is 0. The average Bonchev–Trinajstić information content (AvgIpc) is 2.87. The molecule has 1 amide bonds. The van der Waals surface area contributed by atoms with E-state index >= 15 is 0 Å². The van der Waals surface area contributed by atoms with E-state index in [2.05, 4.69) is 0 Å². The molecule has 0 spiro atoms. The van der Waals surface area contributed by atoms with Gasteiger partial charge in [-0.2, -0.15) is 0 Å². The first kappa shape index (κ1) is 14.4. The zero-order valence-electron chi connectivity index (χ0n) is 11.4. The van der Waals surface area contributed by atoms with Gasteiger partial charge in [-0.15, -0.1) is 0 Å². The molecule has 108 valence electrons. The molecular weight excluding hydrogens is 265 g/mol. The molecule has 0 N–H and O–H groups in total. The predicted octanol–water partition coefficient (Wildman–Crippen LogP) is 1.51. The van der Waals surface area contributed by atoms with Gasteiger partial charge in [-0.1, -0.05) is 0 Å². The van der Waals surface area contributed by atoms with E-state index in [4.69, 9.17) is 0 Å². The molecule has 1 aromatic rings. The number of nitro groups is 1. The lowest BCUT2D eigenvalue weighted by Crippen LogP contribution is -2.34. The second kappa shape index (κ2) is 5.54. The van der Waals surface area contributed by atoms with Crippen molar-refractivity contribution in [2.24, 2.45) is 0 Å². The summed E-state index contributed by atoms with van der Waals surface area (Å²) in [4.78, 5) is 26.1. The molecule has 0 radical (unpaired) electrons. The van der Waals surface area contributed by atoms with Gasteiger partial charge in [0.1, 0.15) is 11.4 Å². The number of nitrogens with zero attached hydrogens (tertiary/aromatic N) is 3. The molecule has 7 heteroatoms. The van der Waals surface area contributed by atoms with Crippen LogP contribution in [0.5, 0.6) is 0 Å². The molecule has 1 unspecified atom stereocenters. The normalized spacial score (nSPS) is 18.6. The smallest absolute Gasteiger partial charge is 0.282 e. The van der Waals surface area contributed by atoms with Crippen LogP contribution in [0.25, 0.3) is 0 Å². The summed E-state index contributed by atoms with van der Waals surface area (Å²) in [7, 11) is 3.84. The number of hydrogen-bond acceptors (Lipinski definition) is 4. The monoisotopic (exact) mass is 281 g/mol. The first-order valence-corrected chi connectivity index (χ1v) is 6.30. The summed E-state index contributed by atoms with van der Waals surface area (Å²) in [6, 6.07) is 3.18. The van der Waals surface area contributed by atoms with Gasteiger partial charge in [0.05, 0.1) is 4.92 Å². The molecular formula is C13H16FN3O3. The van der Waals surface area contributed by atoms with E-state index in [0.29, 0.717) is 13.1 Å². The highest BCUT2D eigenvalue weighted by molar-refractivity contribution is 5.98. The Hall–Kier alpha value is -2.02. The maximum atomic E-state index is 13.3. The van der Waals surface area contributed by atoms with Crippen molar-refractivity contribution in [1.29, 1.82) is 0 Å². The van der Waals surface area contributed by atoms with Gasteiger partial charge in [0.15, 0.2) is 0 Å². The summed E-state index contributed by atoms with van der Waals surface area (Å²) < 4.78 is 13.3. The lowest BCUT2D eigenvalue weighted by molar-refractivity contribution is -0.385. The minimum absolute atomic E-state index is 0.186. The Bertz CT molecular complexity index is 548. The van der Waals surface area contributed by atoms with Gasteiger partial charge in [-0.05, 0) is 32.6 Å². The number of amides is 1. The molecule has 1 heterocycles. The van der Waals surface area contributed by atoms with Crippen LogP contribution in [0.1, 0.15) is 16.8 Å². The minimum Gasteiger partial charge on any atom is -0.337 e. The van der Waals surface area contributed by atoms with Crippen molar-refractivity contribution in [3.05, 3.63) is 39.7 Å². The number of rotatable bonds is 3. The second-order valence-electron chi connectivity index (χ2n) is 5.08. The van der Waals surface area contributed by atoms with E-state index in [1.807, 2.05) is 19.0 Å². The summed E-state index contributed by atoms with van der Waals surface area (Å²) in [5.74, 6) is -1.14. The maximum absolute atomic E-state index is 13.3. The summed E-state index contributed by atoms with van der Waals surface area (Å²) in [6.07, 6.45) is 0.807. The van der Waals surface area contributed by atoms with Crippen LogP contribution in [0.15, 0.2) is 18.2 Å². The number of benzene rings is 1. The lowest BCUT2D eigenvalue weighted by atomic mass is 10.1. The van der Waals surface area contributed by atoms with Crippen molar-refractivity contribution in [1.82, 2.24) is 9.80 Å². The molecule has 0 bridgehead atoms. The third kappa shape index (κ3) is 2.77. The Balaban J connectivity index is 2.26. The molecule has 0 aliphatic carbocycles. The number of carbonyl (C=O) groups is 1. The van der Waals surface area contributed by atoms with Gasteiger partial charge in [-0.3, -0.25) is 14.9 Å². The van der Waals surface area contributed by atoms with Crippen molar-refractivity contribution in [3.63, 3.8) is 0 Å². The van der Waals surface area contributed by atoms with E-state index in [9.17, 15) is 19.3 Å². The zero-order chi connectivity index (χ0) is 14.9. The zero-order valence-corrected chi connectivity index (χ0v) is 11.4. The van der Waals surface area contributed by atoms with E-state index in [-0.39, 0.29) is 17.3 Å². The predicted molar refractivity (Wildman–Crippen MR) is 71.0 cm³/mol. The molecule has 1 atom stereocenters. The van der Waals surface area contributed by atoms with Crippen LogP contribution in [-0.4, -0.2) is 53.9 Å². The van der Waals surface area contributed by atoms with Gasteiger partial charge in [0.25, 0.3) is 11.6 Å². The van der Waals surface area contributed by atoms with Crippen LogP contribution in [0.4, 0.5) is 10.1 Å². The van der Waals surface area contributed by atoms with Crippen LogP contribution in [0.2, 0.25) is 0 Å². The molecule has 6 nitrogen and oxygen atoms in total. The molecule has 1 saturated heterocycles. The van der Waals surface area contributed by atoms with Crippen molar-refractivity contribution >= 4 is 11.6 Å². The minimum atomic E-state index is -0.661. The summed E-state index contributed by atoms with van der Waals surface area (Å²) in [5, 5.41) is 10.9. The van der Waals surface area contributed by atoms with Crippen LogP contribution in [0.3, 0.4) is 0 Å². The Morgan fingerprint density at radius 1 is 1.50 bits per heavy atom. The average molecular weight is 281 g/mol. The van der Waals surface area contributed by atoms with E-state index in [0.717, 1.165) is 24.6 Å². The SMILES string of the molecule is CN(C)C1CCN(C(=O)c2cc(F)ccc2[N+](=O)[O-])C1. The highest BCUT2D eigenvalue weighted by Crippen LogP contribution is 2.24. The van der Waals surface area contributed by atoms with Crippen molar-refractivity contribution in [2.45, 2.75) is 12.5 Å². The first-order chi connectivity index (χ1) is 9.40. The standard InChI is InChI=1S/C13H16FN3O3/c1-15(2)10-5-6-16(8-10)13(18)11-7-9(14)3-4-12(11)17(19)20/h3-4,7,10H,5-6,8H2,1-2H3. The Morgan fingerprint density at radius 2 is 2.20 bits per heavy atom. The van der Waals surface area contributed by atoms with E-state index < -0.39 is 16.6 Å². The van der Waals surface area contributed by atoms with E-state index in [1.165, 1.54) is 4.90 Å². The Kier molecular flexibility index (Phi) is 3.99. The van der Waals surface area contributed by atoms with Gasteiger partial charge < -0.3 is 9.80 Å². The fourth-order valence-corrected chi connectivity index (χ4v) is 2.36. The topological polar surface area (TPSA) is 66.7 Å². The third-order valence-corrected chi connectivity index (χ3v) is 3.57. The fourth-order valence-electron chi connectivity index (χ4n) is 2.36. The van der Waals surface area contributed by atoms with Gasteiger partial charge in [0, 0.05) is 25.2 Å². The third-order valence-electron chi connectivity index (χ3n) is 3.57. The number of carbonyl (C=O) groups excluding carboxylic acids is 1. The molecule has 0 saturated carbocycles. The van der Waals surface area contributed by atoms with Crippen LogP contribution < -0.4 is 0 Å². The molecule has 20 heavy (non-hydrogen) atoms. The highest BCUT2D eigenvalue weighted by Gasteiger charge is 2.31. The van der Waals surface area contributed by atoms with Gasteiger partial charge >= 0.3 is 0 Å². The summed E-state index contributed by atoms with van der Waals surface area (Å²) >= 11 is 0. The molecule has 2 rings (SSSR count). The van der Waals surface area contributed by atoms with Crippen LogP contribution in [0, 0.1) is 15.9 Å². The van der Waals surface area contributed by atoms with Crippen molar-refractivity contribution < 1.29 is 14.1 Å². The highest BCUT2D eigenvalue weighted by atomic mass is 19.1. The van der Waals surface area contributed by atoms with Crippen LogP contribution in [-0.2, 0) is 0 Å². The summed E-state index contributed by atoms with van der Waals surface area (Å²) in [6.45, 7) is 1.02. The lowest BCUT2D eigenvalue weighted by Gasteiger charge is -2.20. The first-order valence-electron chi connectivity index (χ1n) is 6.30. The molecule has 0 aromatic heterocycles. The number of nitro benzene ring substituents is 1. The number of likely N-dealkylation sites (N-methyl/N-ethyl adjacent to an activating group) is 1. The molecule has 1 aliphatic rings. The number of likely N-dealkylation sites (tertiary alicyclic amines) is 1.